The van der Waals surface area contributed by atoms with Crippen LogP contribution in [0.5, 0.6) is 0 Å². The lowest BCUT2D eigenvalue weighted by molar-refractivity contribution is 0.241. The van der Waals surface area contributed by atoms with Crippen molar-refractivity contribution in [2.24, 2.45) is 10.4 Å². The lowest BCUT2D eigenvalue weighted by Crippen LogP contribution is -2.44. The molecule has 2 N–H and O–H groups in total. The van der Waals surface area contributed by atoms with E-state index in [1.54, 1.807) is 0 Å². The second-order valence-electron chi connectivity index (χ2n) is 6.19. The van der Waals surface area contributed by atoms with Gasteiger partial charge >= 0.3 is 0 Å². The zero-order chi connectivity index (χ0) is 15.2. The Morgan fingerprint density at radius 1 is 1.29 bits per heavy atom. The Morgan fingerprint density at radius 3 is 2.43 bits per heavy atom. The molecule has 0 aliphatic carbocycles. The first-order valence-electron chi connectivity index (χ1n) is 6.97. The van der Waals surface area contributed by atoms with Crippen LogP contribution in [0.25, 0.3) is 0 Å². The highest BCUT2D eigenvalue weighted by molar-refractivity contribution is 14.0. The summed E-state index contributed by atoms with van der Waals surface area (Å²) >= 11 is 1.82. The molecular formula is C15H29IN4S. The van der Waals surface area contributed by atoms with E-state index in [0.717, 1.165) is 25.6 Å². The predicted molar refractivity (Wildman–Crippen MR) is 105 cm³/mol. The molecule has 0 unspecified atom stereocenters. The van der Waals surface area contributed by atoms with E-state index in [4.69, 9.17) is 0 Å². The minimum atomic E-state index is 0. The first kappa shape index (κ1) is 20.7. The first-order valence-corrected chi connectivity index (χ1v) is 7.78. The van der Waals surface area contributed by atoms with Crippen LogP contribution in [0.1, 0.15) is 23.6 Å². The van der Waals surface area contributed by atoms with E-state index in [1.165, 1.54) is 9.75 Å². The van der Waals surface area contributed by atoms with Gasteiger partial charge in [-0.15, -0.1) is 35.3 Å². The second-order valence-corrected chi connectivity index (χ2v) is 7.57. The Bertz CT molecular complexity index is 441. The zero-order valence-corrected chi connectivity index (χ0v) is 17.1. The molecule has 0 aromatic carbocycles. The SMILES string of the molecule is CN=C(NCc1ccc(C)s1)NCC(C)(C)CN(C)C.I. The minimum Gasteiger partial charge on any atom is -0.356 e. The van der Waals surface area contributed by atoms with E-state index in [-0.39, 0.29) is 29.4 Å². The number of hydrogen-bond acceptors (Lipinski definition) is 3. The summed E-state index contributed by atoms with van der Waals surface area (Å²) in [6.07, 6.45) is 0. The molecule has 1 aromatic heterocycles. The van der Waals surface area contributed by atoms with E-state index in [0.29, 0.717) is 0 Å². The smallest absolute Gasteiger partial charge is 0.191 e. The number of hydrogen-bond donors (Lipinski definition) is 2. The molecule has 0 radical (unpaired) electrons. The maximum absolute atomic E-state index is 4.28. The van der Waals surface area contributed by atoms with Crippen molar-refractivity contribution in [3.05, 3.63) is 21.9 Å². The van der Waals surface area contributed by atoms with Crippen LogP contribution < -0.4 is 10.6 Å². The Balaban J connectivity index is 0.00000400. The van der Waals surface area contributed by atoms with Gasteiger partial charge in [-0.05, 0) is 38.6 Å². The fraction of sp³-hybridized carbons (Fsp3) is 0.667. The highest BCUT2D eigenvalue weighted by atomic mass is 127. The van der Waals surface area contributed by atoms with Gasteiger partial charge in [0.25, 0.3) is 0 Å². The Morgan fingerprint density at radius 2 is 1.95 bits per heavy atom. The van der Waals surface area contributed by atoms with E-state index < -0.39 is 0 Å². The quantitative estimate of drug-likeness (QED) is 0.419. The van der Waals surface area contributed by atoms with Crippen molar-refractivity contribution in [2.45, 2.75) is 27.3 Å². The van der Waals surface area contributed by atoms with Gasteiger partial charge in [0.05, 0.1) is 6.54 Å². The molecule has 122 valence electrons. The van der Waals surface area contributed by atoms with Crippen LogP contribution in [0.15, 0.2) is 17.1 Å². The van der Waals surface area contributed by atoms with Gasteiger partial charge in [0, 0.05) is 29.9 Å². The number of nitrogens with one attached hydrogen (secondary N) is 2. The summed E-state index contributed by atoms with van der Waals surface area (Å²) < 4.78 is 0. The van der Waals surface area contributed by atoms with Crippen molar-refractivity contribution >= 4 is 41.3 Å². The van der Waals surface area contributed by atoms with Gasteiger partial charge in [0.2, 0.25) is 0 Å². The monoisotopic (exact) mass is 424 g/mol. The molecule has 21 heavy (non-hydrogen) atoms. The van der Waals surface area contributed by atoms with Crippen LogP contribution in [0.3, 0.4) is 0 Å². The topological polar surface area (TPSA) is 39.7 Å². The standard InChI is InChI=1S/C15H28N4S.HI/c1-12-7-8-13(20-12)9-17-14(16-4)18-10-15(2,3)11-19(5)6;/h7-8H,9-11H2,1-6H3,(H2,16,17,18);1H. The molecule has 0 saturated heterocycles. The molecule has 1 aromatic rings. The number of aryl methyl sites for hydroxylation is 1. The Kier molecular flexibility index (Phi) is 9.48. The van der Waals surface area contributed by atoms with Crippen LogP contribution in [0.4, 0.5) is 0 Å². The van der Waals surface area contributed by atoms with E-state index in [2.05, 4.69) is 67.5 Å². The molecule has 0 aliphatic heterocycles. The molecule has 0 bridgehead atoms. The molecule has 1 heterocycles. The molecule has 0 fully saturated rings. The van der Waals surface area contributed by atoms with E-state index in [1.807, 2.05) is 18.4 Å². The molecule has 0 amide bonds. The molecule has 6 heteroatoms. The normalized spacial score (nSPS) is 12.2. The summed E-state index contributed by atoms with van der Waals surface area (Å²) in [6, 6.07) is 4.31. The predicted octanol–water partition coefficient (Wildman–Crippen LogP) is 2.93. The lowest BCUT2D eigenvalue weighted by Gasteiger charge is -2.29. The molecular weight excluding hydrogens is 395 g/mol. The van der Waals surface area contributed by atoms with Gasteiger partial charge in [-0.1, -0.05) is 13.8 Å². The largest absolute Gasteiger partial charge is 0.356 e. The third-order valence-corrected chi connectivity index (χ3v) is 3.93. The summed E-state index contributed by atoms with van der Waals surface area (Å²) in [7, 11) is 6.02. The van der Waals surface area contributed by atoms with Crippen LogP contribution in [0.2, 0.25) is 0 Å². The summed E-state index contributed by atoms with van der Waals surface area (Å²) in [5.41, 5.74) is 0.209. The third kappa shape index (κ3) is 8.63. The summed E-state index contributed by atoms with van der Waals surface area (Å²) in [5.74, 6) is 0.864. The molecule has 0 spiro atoms. The van der Waals surface area contributed by atoms with Gasteiger partial charge in [-0.3, -0.25) is 4.99 Å². The van der Waals surface area contributed by atoms with E-state index in [9.17, 15) is 0 Å². The van der Waals surface area contributed by atoms with Crippen molar-refractivity contribution in [1.29, 1.82) is 0 Å². The van der Waals surface area contributed by atoms with Crippen LogP contribution in [0, 0.1) is 12.3 Å². The number of rotatable bonds is 6. The summed E-state index contributed by atoms with van der Waals surface area (Å²) in [6.45, 7) is 9.42. The second kappa shape index (κ2) is 9.63. The fourth-order valence-corrected chi connectivity index (χ4v) is 3.04. The van der Waals surface area contributed by atoms with Gasteiger partial charge in [-0.25, -0.2) is 0 Å². The number of thiophene rings is 1. The number of halogens is 1. The highest BCUT2D eigenvalue weighted by Gasteiger charge is 2.19. The minimum absolute atomic E-state index is 0. The van der Waals surface area contributed by atoms with Crippen LogP contribution in [-0.2, 0) is 6.54 Å². The van der Waals surface area contributed by atoms with Crippen molar-refractivity contribution < 1.29 is 0 Å². The van der Waals surface area contributed by atoms with Gasteiger partial charge in [-0.2, -0.15) is 0 Å². The number of guanidine groups is 1. The maximum Gasteiger partial charge on any atom is 0.191 e. The Labute approximate surface area is 150 Å². The van der Waals surface area contributed by atoms with Crippen molar-refractivity contribution in [1.82, 2.24) is 15.5 Å². The first-order chi connectivity index (χ1) is 9.32. The van der Waals surface area contributed by atoms with Crippen molar-refractivity contribution in [3.63, 3.8) is 0 Å². The third-order valence-electron chi connectivity index (χ3n) is 2.93. The Hall–Kier alpha value is -0.340. The summed E-state index contributed by atoms with van der Waals surface area (Å²) in [4.78, 5) is 9.17. The number of aliphatic imine (C=N–C) groups is 1. The zero-order valence-electron chi connectivity index (χ0n) is 14.0. The molecule has 0 saturated carbocycles. The molecule has 0 aliphatic rings. The fourth-order valence-electron chi connectivity index (χ4n) is 2.21. The lowest BCUT2D eigenvalue weighted by atomic mass is 9.93. The van der Waals surface area contributed by atoms with Crippen molar-refractivity contribution in [3.8, 4) is 0 Å². The average Bonchev–Trinajstić information content (AvgIpc) is 2.73. The van der Waals surface area contributed by atoms with Crippen LogP contribution in [-0.4, -0.2) is 45.1 Å². The molecule has 4 nitrogen and oxygen atoms in total. The number of nitrogens with zero attached hydrogens (tertiary/aromatic N) is 2. The van der Waals surface area contributed by atoms with Crippen molar-refractivity contribution in [2.75, 3.05) is 34.2 Å². The van der Waals surface area contributed by atoms with Gasteiger partial charge in [0.15, 0.2) is 5.96 Å². The molecule has 1 rings (SSSR count). The maximum atomic E-state index is 4.28. The van der Waals surface area contributed by atoms with E-state index >= 15 is 0 Å². The van der Waals surface area contributed by atoms with Gasteiger partial charge < -0.3 is 15.5 Å². The molecule has 0 atom stereocenters. The van der Waals surface area contributed by atoms with Gasteiger partial charge in [0.1, 0.15) is 0 Å². The average molecular weight is 424 g/mol. The van der Waals surface area contributed by atoms with Crippen LogP contribution >= 0.6 is 35.3 Å². The summed E-state index contributed by atoms with van der Waals surface area (Å²) in [5, 5.41) is 6.77. The highest BCUT2D eigenvalue weighted by Crippen LogP contribution is 2.15.